The highest BCUT2D eigenvalue weighted by Crippen LogP contribution is 2.28. The minimum atomic E-state index is -0.583. The molecule has 8 nitrogen and oxygen atoms in total. The predicted octanol–water partition coefficient (Wildman–Crippen LogP) is -0.747. The van der Waals surface area contributed by atoms with Gasteiger partial charge in [0, 0.05) is 25.8 Å². The molecule has 0 aliphatic carbocycles. The van der Waals surface area contributed by atoms with Gasteiger partial charge in [-0.25, -0.2) is 0 Å². The Kier molecular flexibility index (Phi) is 3.38. The summed E-state index contributed by atoms with van der Waals surface area (Å²) in [6, 6.07) is 0.944. The molecule has 1 aromatic rings. The van der Waals surface area contributed by atoms with Gasteiger partial charge in [0.15, 0.2) is 0 Å². The number of aromatic nitrogens is 1. The van der Waals surface area contributed by atoms with E-state index < -0.39 is 16.9 Å². The summed E-state index contributed by atoms with van der Waals surface area (Å²) in [5, 5.41) is 14.0. The van der Waals surface area contributed by atoms with Gasteiger partial charge in [-0.05, 0) is 6.07 Å². The van der Waals surface area contributed by atoms with Crippen molar-refractivity contribution in [2.75, 3.05) is 24.5 Å². The molecule has 1 aromatic heterocycles. The standard InChI is InChI=1S/C10H13N5O3/c11-10(16)9-6-13-3-4-14(9)7-1-2-12-5-8(7)15(17)18/h1-2,5,9,13H,3-4,6H2,(H2,11,16). The summed E-state index contributed by atoms with van der Waals surface area (Å²) >= 11 is 0. The summed E-state index contributed by atoms with van der Waals surface area (Å²) in [6.45, 7) is 1.51. The lowest BCUT2D eigenvalue weighted by Crippen LogP contribution is -2.57. The van der Waals surface area contributed by atoms with Crippen LogP contribution >= 0.6 is 0 Å². The van der Waals surface area contributed by atoms with Gasteiger partial charge < -0.3 is 16.0 Å². The minimum Gasteiger partial charge on any atom is -0.368 e. The monoisotopic (exact) mass is 251 g/mol. The highest BCUT2D eigenvalue weighted by atomic mass is 16.6. The molecule has 0 saturated carbocycles. The van der Waals surface area contributed by atoms with Crippen LogP contribution in [0, 0.1) is 10.1 Å². The number of pyridine rings is 1. The number of amides is 1. The molecular weight excluding hydrogens is 238 g/mol. The van der Waals surface area contributed by atoms with E-state index in [1.54, 1.807) is 4.90 Å². The van der Waals surface area contributed by atoms with Crippen molar-refractivity contribution in [1.82, 2.24) is 10.3 Å². The molecule has 1 saturated heterocycles. The Morgan fingerprint density at radius 3 is 3.11 bits per heavy atom. The highest BCUT2D eigenvalue weighted by Gasteiger charge is 2.31. The van der Waals surface area contributed by atoms with Crippen molar-refractivity contribution in [3.8, 4) is 0 Å². The molecule has 0 spiro atoms. The van der Waals surface area contributed by atoms with E-state index in [0.717, 1.165) is 0 Å². The van der Waals surface area contributed by atoms with Crippen LogP contribution < -0.4 is 16.0 Å². The van der Waals surface area contributed by atoms with Crippen molar-refractivity contribution in [1.29, 1.82) is 0 Å². The molecular formula is C10H13N5O3. The van der Waals surface area contributed by atoms with Gasteiger partial charge in [0.2, 0.25) is 5.91 Å². The summed E-state index contributed by atoms with van der Waals surface area (Å²) in [6.07, 6.45) is 2.64. The average Bonchev–Trinajstić information content (AvgIpc) is 2.38. The van der Waals surface area contributed by atoms with Crippen LogP contribution in [0.3, 0.4) is 0 Å². The third kappa shape index (κ3) is 2.23. The Hall–Kier alpha value is -2.22. The van der Waals surface area contributed by atoms with Crippen molar-refractivity contribution < 1.29 is 9.72 Å². The Labute approximate surface area is 103 Å². The van der Waals surface area contributed by atoms with Crippen LogP contribution in [0.5, 0.6) is 0 Å². The third-order valence-electron chi connectivity index (χ3n) is 2.86. The summed E-state index contributed by atoms with van der Waals surface area (Å²) in [5.41, 5.74) is 5.57. The van der Waals surface area contributed by atoms with Crippen molar-refractivity contribution in [2.45, 2.75) is 6.04 Å². The second kappa shape index (κ2) is 4.96. The van der Waals surface area contributed by atoms with Crippen LogP contribution in [0.4, 0.5) is 11.4 Å². The normalized spacial score (nSPS) is 19.6. The van der Waals surface area contributed by atoms with Gasteiger partial charge in [-0.15, -0.1) is 0 Å². The zero-order valence-electron chi connectivity index (χ0n) is 9.57. The largest absolute Gasteiger partial charge is 0.368 e. The van der Waals surface area contributed by atoms with Crippen LogP contribution in [0.2, 0.25) is 0 Å². The molecule has 1 atom stereocenters. The van der Waals surface area contributed by atoms with E-state index in [1.807, 2.05) is 0 Å². The number of rotatable bonds is 3. The summed E-state index contributed by atoms with van der Waals surface area (Å²) in [5.74, 6) is -0.506. The van der Waals surface area contributed by atoms with Crippen molar-refractivity contribution in [2.24, 2.45) is 5.73 Å². The number of carbonyl (C=O) groups excluding carboxylic acids is 1. The smallest absolute Gasteiger partial charge is 0.310 e. The van der Waals surface area contributed by atoms with Crippen molar-refractivity contribution >= 4 is 17.3 Å². The average molecular weight is 251 g/mol. The number of piperazine rings is 1. The second-order valence-electron chi connectivity index (χ2n) is 3.94. The molecule has 1 aliphatic heterocycles. The van der Waals surface area contributed by atoms with E-state index in [0.29, 0.717) is 25.3 Å². The highest BCUT2D eigenvalue weighted by molar-refractivity contribution is 5.85. The molecule has 1 unspecified atom stereocenters. The fourth-order valence-corrected chi connectivity index (χ4v) is 2.01. The molecule has 3 N–H and O–H groups in total. The number of hydrogen-bond donors (Lipinski definition) is 2. The van der Waals surface area contributed by atoms with E-state index in [-0.39, 0.29) is 5.69 Å². The van der Waals surface area contributed by atoms with E-state index in [2.05, 4.69) is 10.3 Å². The SMILES string of the molecule is NC(=O)C1CNCCN1c1ccncc1[N+](=O)[O-]. The van der Waals surface area contributed by atoms with Gasteiger partial charge in [0.1, 0.15) is 17.9 Å². The number of nitrogens with two attached hydrogens (primary N) is 1. The van der Waals surface area contributed by atoms with Gasteiger partial charge in [-0.1, -0.05) is 0 Å². The van der Waals surface area contributed by atoms with Gasteiger partial charge >= 0.3 is 5.69 Å². The Balaban J connectivity index is 2.39. The lowest BCUT2D eigenvalue weighted by molar-refractivity contribution is -0.384. The van der Waals surface area contributed by atoms with Crippen molar-refractivity contribution in [3.63, 3.8) is 0 Å². The van der Waals surface area contributed by atoms with E-state index in [1.165, 1.54) is 18.5 Å². The third-order valence-corrected chi connectivity index (χ3v) is 2.86. The maximum Gasteiger partial charge on any atom is 0.310 e. The number of nitrogens with zero attached hydrogens (tertiary/aromatic N) is 3. The number of nitrogens with one attached hydrogen (secondary N) is 1. The maximum absolute atomic E-state index is 11.4. The van der Waals surface area contributed by atoms with Gasteiger partial charge in [0.05, 0.1) is 4.92 Å². The molecule has 0 bridgehead atoms. The van der Waals surface area contributed by atoms with Gasteiger partial charge in [-0.3, -0.25) is 19.9 Å². The van der Waals surface area contributed by atoms with E-state index in [9.17, 15) is 14.9 Å². The lowest BCUT2D eigenvalue weighted by Gasteiger charge is -2.35. The number of primary amides is 1. The molecule has 1 fully saturated rings. The number of nitro groups is 1. The Morgan fingerprint density at radius 1 is 1.67 bits per heavy atom. The quantitative estimate of drug-likeness (QED) is 0.539. The first-order valence-corrected chi connectivity index (χ1v) is 5.46. The first-order valence-electron chi connectivity index (χ1n) is 5.46. The first-order chi connectivity index (χ1) is 8.61. The van der Waals surface area contributed by atoms with Gasteiger partial charge in [0.25, 0.3) is 0 Å². The fourth-order valence-electron chi connectivity index (χ4n) is 2.01. The lowest BCUT2D eigenvalue weighted by atomic mass is 10.1. The number of carbonyl (C=O) groups is 1. The van der Waals surface area contributed by atoms with Crippen LogP contribution in [-0.2, 0) is 4.79 Å². The van der Waals surface area contributed by atoms with Crippen LogP contribution in [0.25, 0.3) is 0 Å². The zero-order valence-corrected chi connectivity index (χ0v) is 9.57. The minimum absolute atomic E-state index is 0.120. The number of hydrogen-bond acceptors (Lipinski definition) is 6. The molecule has 2 heterocycles. The van der Waals surface area contributed by atoms with Crippen LogP contribution in [-0.4, -0.2) is 41.5 Å². The van der Waals surface area contributed by atoms with E-state index >= 15 is 0 Å². The summed E-state index contributed by atoms with van der Waals surface area (Å²) in [4.78, 5) is 27.2. The van der Waals surface area contributed by atoms with Gasteiger partial charge in [-0.2, -0.15) is 0 Å². The predicted molar refractivity (Wildman–Crippen MR) is 64.1 cm³/mol. The summed E-state index contributed by atoms with van der Waals surface area (Å²) in [7, 11) is 0. The summed E-state index contributed by atoms with van der Waals surface area (Å²) < 4.78 is 0. The molecule has 18 heavy (non-hydrogen) atoms. The molecule has 0 radical (unpaired) electrons. The van der Waals surface area contributed by atoms with E-state index in [4.69, 9.17) is 5.73 Å². The second-order valence-corrected chi connectivity index (χ2v) is 3.94. The maximum atomic E-state index is 11.4. The van der Waals surface area contributed by atoms with Crippen molar-refractivity contribution in [3.05, 3.63) is 28.6 Å². The van der Waals surface area contributed by atoms with Crippen LogP contribution in [0.15, 0.2) is 18.5 Å². The molecule has 1 aliphatic rings. The number of anilines is 1. The topological polar surface area (TPSA) is 114 Å². The Bertz CT molecular complexity index is 478. The Morgan fingerprint density at radius 2 is 2.44 bits per heavy atom. The fraction of sp³-hybridized carbons (Fsp3) is 0.400. The van der Waals surface area contributed by atoms with Crippen LogP contribution in [0.1, 0.15) is 0 Å². The zero-order chi connectivity index (χ0) is 13.1. The molecule has 96 valence electrons. The molecule has 0 aromatic carbocycles. The first kappa shape index (κ1) is 12.2. The molecule has 8 heteroatoms. The molecule has 2 rings (SSSR count). The molecule has 1 amide bonds.